The maximum absolute atomic E-state index is 13.5. The highest BCUT2D eigenvalue weighted by Crippen LogP contribution is 2.13. The summed E-state index contributed by atoms with van der Waals surface area (Å²) in [4.78, 5) is 22.8. The number of carbonyl (C=O) groups excluding carboxylic acids is 1. The van der Waals surface area contributed by atoms with Gasteiger partial charge in [0.1, 0.15) is 11.6 Å². The van der Waals surface area contributed by atoms with E-state index in [0.717, 1.165) is 18.2 Å². The maximum atomic E-state index is 13.5. The smallest absolute Gasteiger partial charge is 0.305 e. The predicted octanol–water partition coefficient (Wildman–Crippen LogP) is 1.23. The number of ether oxygens (including phenoxy) is 1. The Morgan fingerprint density at radius 1 is 1.40 bits per heavy atom. The second-order valence-corrected chi connectivity index (χ2v) is 4.09. The van der Waals surface area contributed by atoms with Crippen LogP contribution in [0.15, 0.2) is 18.2 Å². The van der Waals surface area contributed by atoms with E-state index in [-0.39, 0.29) is 13.2 Å². The summed E-state index contributed by atoms with van der Waals surface area (Å²) >= 11 is 0. The van der Waals surface area contributed by atoms with Gasteiger partial charge in [0.15, 0.2) is 5.78 Å². The van der Waals surface area contributed by atoms with Gasteiger partial charge in [0.2, 0.25) is 0 Å². The average Bonchev–Trinajstić information content (AvgIpc) is 2.39. The second kappa shape index (κ2) is 7.66. The maximum Gasteiger partial charge on any atom is 0.305 e. The summed E-state index contributed by atoms with van der Waals surface area (Å²) < 4.78 is 31.4. The molecule has 1 unspecified atom stereocenters. The number of aliphatic carboxylic acids is 1. The summed E-state index contributed by atoms with van der Waals surface area (Å²) in [6.45, 7) is 0.478. The van der Waals surface area contributed by atoms with Crippen molar-refractivity contribution in [3.63, 3.8) is 0 Å². The van der Waals surface area contributed by atoms with Gasteiger partial charge in [-0.25, -0.2) is 8.78 Å². The van der Waals surface area contributed by atoms with Gasteiger partial charge < -0.3 is 15.2 Å². The van der Waals surface area contributed by atoms with Crippen molar-refractivity contribution in [1.82, 2.24) is 5.32 Å². The van der Waals surface area contributed by atoms with Crippen molar-refractivity contribution >= 4 is 11.8 Å². The molecule has 1 atom stereocenters. The summed E-state index contributed by atoms with van der Waals surface area (Å²) in [6.07, 6.45) is -0.529. The number of hydrogen-bond donors (Lipinski definition) is 2. The first-order chi connectivity index (χ1) is 9.45. The molecule has 1 aromatic carbocycles. The third kappa shape index (κ3) is 4.67. The lowest BCUT2D eigenvalue weighted by atomic mass is 10.0. The van der Waals surface area contributed by atoms with Crippen LogP contribution in [0.1, 0.15) is 16.8 Å². The van der Waals surface area contributed by atoms with Crippen molar-refractivity contribution in [2.75, 3.05) is 20.3 Å². The molecule has 20 heavy (non-hydrogen) atoms. The number of Topliss-reactive ketones (excluding diaryl/α,β-unsaturated/α-hetero) is 1. The molecule has 0 aliphatic carbocycles. The van der Waals surface area contributed by atoms with Crippen molar-refractivity contribution in [2.45, 2.75) is 12.5 Å². The van der Waals surface area contributed by atoms with Gasteiger partial charge >= 0.3 is 5.97 Å². The summed E-state index contributed by atoms with van der Waals surface area (Å²) in [5, 5.41) is 11.4. The highest BCUT2D eigenvalue weighted by atomic mass is 19.1. The number of ketones is 1. The van der Waals surface area contributed by atoms with Crippen LogP contribution in [-0.2, 0) is 9.53 Å². The standard InChI is InChI=1S/C13H15F2NO4/c1-20-5-4-16-11(7-12(17)18)13(19)9-6-8(14)2-3-10(9)15/h2-3,6,11,16H,4-5,7H2,1H3,(H,17,18). The van der Waals surface area contributed by atoms with Gasteiger partial charge in [0, 0.05) is 13.7 Å². The molecular weight excluding hydrogens is 272 g/mol. The van der Waals surface area contributed by atoms with E-state index in [9.17, 15) is 18.4 Å². The molecule has 0 amide bonds. The van der Waals surface area contributed by atoms with E-state index < -0.39 is 41.4 Å². The van der Waals surface area contributed by atoms with E-state index in [1.807, 2.05) is 0 Å². The van der Waals surface area contributed by atoms with Gasteiger partial charge in [-0.05, 0) is 18.2 Å². The first-order valence-corrected chi connectivity index (χ1v) is 5.89. The summed E-state index contributed by atoms with van der Waals surface area (Å²) in [6, 6.07) is 1.33. The number of carbonyl (C=O) groups is 2. The zero-order valence-corrected chi connectivity index (χ0v) is 10.9. The lowest BCUT2D eigenvalue weighted by molar-refractivity contribution is -0.137. The minimum absolute atomic E-state index is 0.219. The molecule has 2 N–H and O–H groups in total. The van der Waals surface area contributed by atoms with E-state index >= 15 is 0 Å². The van der Waals surface area contributed by atoms with Gasteiger partial charge in [-0.3, -0.25) is 9.59 Å². The predicted molar refractivity (Wildman–Crippen MR) is 66.6 cm³/mol. The normalized spacial score (nSPS) is 12.2. The van der Waals surface area contributed by atoms with E-state index in [1.54, 1.807) is 0 Å². The van der Waals surface area contributed by atoms with Crippen molar-refractivity contribution in [1.29, 1.82) is 0 Å². The Kier molecular flexibility index (Phi) is 6.20. The molecule has 0 bridgehead atoms. The molecule has 0 fully saturated rings. The van der Waals surface area contributed by atoms with Crippen molar-refractivity contribution in [3.05, 3.63) is 35.4 Å². The highest BCUT2D eigenvalue weighted by molar-refractivity contribution is 6.01. The van der Waals surface area contributed by atoms with Gasteiger partial charge in [0.05, 0.1) is 24.6 Å². The molecule has 0 aliphatic rings. The Balaban J connectivity index is 2.90. The number of carboxylic acids is 1. The first-order valence-electron chi connectivity index (χ1n) is 5.89. The zero-order valence-electron chi connectivity index (χ0n) is 10.9. The number of carboxylic acid groups (broad SMARTS) is 1. The Morgan fingerprint density at radius 3 is 2.70 bits per heavy atom. The third-order valence-electron chi connectivity index (χ3n) is 2.59. The molecule has 7 heteroatoms. The van der Waals surface area contributed by atoms with Crippen LogP contribution in [0.3, 0.4) is 0 Å². The van der Waals surface area contributed by atoms with Gasteiger partial charge in [-0.15, -0.1) is 0 Å². The molecule has 1 aromatic rings. The van der Waals surface area contributed by atoms with E-state index in [4.69, 9.17) is 9.84 Å². The van der Waals surface area contributed by atoms with Crippen LogP contribution in [0.4, 0.5) is 8.78 Å². The fourth-order valence-electron chi connectivity index (χ4n) is 1.64. The fourth-order valence-corrected chi connectivity index (χ4v) is 1.64. The Bertz CT molecular complexity index is 493. The van der Waals surface area contributed by atoms with Crippen LogP contribution in [0.2, 0.25) is 0 Å². The number of benzene rings is 1. The van der Waals surface area contributed by atoms with Crippen LogP contribution in [0.5, 0.6) is 0 Å². The SMILES string of the molecule is COCCNC(CC(=O)O)C(=O)c1cc(F)ccc1F. The number of halogens is 2. The number of rotatable bonds is 8. The minimum atomic E-state index is -1.22. The fraction of sp³-hybridized carbons (Fsp3) is 0.385. The summed E-state index contributed by atoms with van der Waals surface area (Å²) in [5.74, 6) is -3.67. The Morgan fingerprint density at radius 2 is 2.10 bits per heavy atom. The van der Waals surface area contributed by atoms with E-state index in [2.05, 4.69) is 5.32 Å². The van der Waals surface area contributed by atoms with Crippen molar-refractivity contribution in [3.8, 4) is 0 Å². The molecule has 1 rings (SSSR count). The molecular formula is C13H15F2NO4. The lowest BCUT2D eigenvalue weighted by Gasteiger charge is -2.16. The molecule has 0 saturated carbocycles. The van der Waals surface area contributed by atoms with E-state index in [0.29, 0.717) is 0 Å². The van der Waals surface area contributed by atoms with Crippen LogP contribution in [-0.4, -0.2) is 43.2 Å². The van der Waals surface area contributed by atoms with Gasteiger partial charge in [-0.1, -0.05) is 0 Å². The Hall–Kier alpha value is -1.86. The van der Waals surface area contributed by atoms with Crippen LogP contribution in [0, 0.1) is 11.6 Å². The first kappa shape index (κ1) is 16.2. The minimum Gasteiger partial charge on any atom is -0.481 e. The molecule has 0 radical (unpaired) electrons. The molecule has 0 heterocycles. The second-order valence-electron chi connectivity index (χ2n) is 4.09. The van der Waals surface area contributed by atoms with Crippen molar-refractivity contribution < 1.29 is 28.2 Å². The van der Waals surface area contributed by atoms with Crippen LogP contribution in [0.25, 0.3) is 0 Å². The highest BCUT2D eigenvalue weighted by Gasteiger charge is 2.25. The molecule has 5 nitrogen and oxygen atoms in total. The number of nitrogens with one attached hydrogen (secondary N) is 1. The van der Waals surface area contributed by atoms with E-state index in [1.165, 1.54) is 7.11 Å². The monoisotopic (exact) mass is 287 g/mol. The van der Waals surface area contributed by atoms with Gasteiger partial charge in [0.25, 0.3) is 0 Å². The zero-order chi connectivity index (χ0) is 15.1. The topological polar surface area (TPSA) is 75.6 Å². The number of methoxy groups -OCH3 is 1. The summed E-state index contributed by atoms with van der Waals surface area (Å²) in [5.41, 5.74) is -0.471. The average molecular weight is 287 g/mol. The quantitative estimate of drug-likeness (QED) is 0.555. The summed E-state index contributed by atoms with van der Waals surface area (Å²) in [7, 11) is 1.45. The molecule has 110 valence electrons. The molecule has 0 saturated heterocycles. The molecule has 0 spiro atoms. The lowest BCUT2D eigenvalue weighted by Crippen LogP contribution is -2.40. The Labute approximate surface area is 114 Å². The molecule has 0 aromatic heterocycles. The molecule has 0 aliphatic heterocycles. The van der Waals surface area contributed by atoms with Crippen molar-refractivity contribution in [2.24, 2.45) is 0 Å². The van der Waals surface area contributed by atoms with Crippen LogP contribution >= 0.6 is 0 Å². The largest absolute Gasteiger partial charge is 0.481 e. The third-order valence-corrected chi connectivity index (χ3v) is 2.59. The van der Waals surface area contributed by atoms with Gasteiger partial charge in [-0.2, -0.15) is 0 Å². The number of hydrogen-bond acceptors (Lipinski definition) is 4. The van der Waals surface area contributed by atoms with Crippen LogP contribution < -0.4 is 5.32 Å².